The topological polar surface area (TPSA) is 76.4 Å². The molecule has 0 unspecified atom stereocenters. The van der Waals surface area contributed by atoms with Crippen LogP contribution in [0.1, 0.15) is 24.0 Å². The Morgan fingerprint density at radius 2 is 2.09 bits per heavy atom. The molecule has 0 amide bonds. The number of halogens is 1. The predicted octanol–water partition coefficient (Wildman–Crippen LogP) is 3.09. The summed E-state index contributed by atoms with van der Waals surface area (Å²) in [6.07, 6.45) is 1.35. The fraction of sp³-hybridized carbons (Fsp3) is 0.375. The summed E-state index contributed by atoms with van der Waals surface area (Å²) < 4.78 is 0. The van der Waals surface area contributed by atoms with Crippen molar-refractivity contribution in [3.63, 3.8) is 0 Å². The van der Waals surface area contributed by atoms with Crippen LogP contribution in [-0.2, 0) is 4.79 Å². The van der Waals surface area contributed by atoms with Crippen LogP contribution in [0.5, 0.6) is 0 Å². The summed E-state index contributed by atoms with van der Waals surface area (Å²) in [5, 5.41) is 21.0. The van der Waals surface area contributed by atoms with Crippen molar-refractivity contribution in [1.29, 1.82) is 5.41 Å². The largest absolute Gasteiger partial charge is 0.477 e. The van der Waals surface area contributed by atoms with Crippen molar-refractivity contribution >= 4 is 29.1 Å². The number of likely N-dealkylation sites (N-methyl/N-ethyl adjacent to an activating group) is 1. The minimum Gasteiger partial charge on any atom is -0.477 e. The number of carboxylic acid groups (broad SMARTS) is 1. The molecule has 2 rings (SSSR count). The Labute approximate surface area is 135 Å². The van der Waals surface area contributed by atoms with Crippen LogP contribution in [0, 0.1) is 19.3 Å². The van der Waals surface area contributed by atoms with Crippen LogP contribution in [0.25, 0.3) is 0 Å². The van der Waals surface area contributed by atoms with Gasteiger partial charge in [0.1, 0.15) is 11.5 Å². The molecule has 1 aliphatic rings. The molecule has 0 radical (unpaired) electrons. The van der Waals surface area contributed by atoms with Gasteiger partial charge in [-0.15, -0.1) is 0 Å². The average molecular weight is 322 g/mol. The van der Waals surface area contributed by atoms with Crippen molar-refractivity contribution < 1.29 is 9.90 Å². The molecule has 0 spiro atoms. The Balaban J connectivity index is 2.50. The molecule has 1 aliphatic heterocycles. The minimum absolute atomic E-state index is 0.0792. The van der Waals surface area contributed by atoms with Gasteiger partial charge in [0.05, 0.1) is 10.7 Å². The number of piperidine rings is 1. The zero-order chi connectivity index (χ0) is 16.4. The lowest BCUT2D eigenvalue weighted by Crippen LogP contribution is -2.39. The normalized spacial score (nSPS) is 17.5. The summed E-state index contributed by atoms with van der Waals surface area (Å²) in [6.45, 7) is 4.58. The average Bonchev–Trinajstić information content (AvgIpc) is 2.41. The van der Waals surface area contributed by atoms with Crippen molar-refractivity contribution in [2.45, 2.75) is 26.7 Å². The van der Waals surface area contributed by atoms with Gasteiger partial charge < -0.3 is 15.3 Å². The van der Waals surface area contributed by atoms with Crippen LogP contribution < -0.4 is 10.2 Å². The Morgan fingerprint density at radius 3 is 2.64 bits per heavy atom. The van der Waals surface area contributed by atoms with E-state index in [1.165, 1.54) is 0 Å². The van der Waals surface area contributed by atoms with Gasteiger partial charge in [-0.05, 0) is 43.9 Å². The second-order valence-corrected chi connectivity index (χ2v) is 5.83. The van der Waals surface area contributed by atoms with Gasteiger partial charge in [0.2, 0.25) is 0 Å². The highest BCUT2D eigenvalue weighted by Crippen LogP contribution is 2.34. The third-order valence-corrected chi connectivity index (χ3v) is 4.09. The van der Waals surface area contributed by atoms with E-state index in [0.29, 0.717) is 23.6 Å². The van der Waals surface area contributed by atoms with Crippen LogP contribution in [0.2, 0.25) is 5.02 Å². The SMILES string of the molecule is CN/C(C(=O)O)=C1/CCCN(c2c(C)cc(C)cc2Cl)C1=N. The van der Waals surface area contributed by atoms with Crippen molar-refractivity contribution in [1.82, 2.24) is 5.32 Å². The van der Waals surface area contributed by atoms with Gasteiger partial charge in [-0.2, -0.15) is 0 Å². The highest BCUT2D eigenvalue weighted by Gasteiger charge is 2.28. The molecule has 5 nitrogen and oxygen atoms in total. The van der Waals surface area contributed by atoms with Crippen molar-refractivity contribution in [2.24, 2.45) is 0 Å². The number of carbonyl (C=O) groups is 1. The van der Waals surface area contributed by atoms with Crippen molar-refractivity contribution in [3.8, 4) is 0 Å². The first-order chi connectivity index (χ1) is 10.4. The maximum atomic E-state index is 11.3. The van der Waals surface area contributed by atoms with E-state index in [0.717, 1.165) is 23.2 Å². The van der Waals surface area contributed by atoms with E-state index < -0.39 is 5.97 Å². The Kier molecular flexibility index (Phi) is 4.76. The van der Waals surface area contributed by atoms with Crippen LogP contribution in [0.3, 0.4) is 0 Å². The molecule has 0 bridgehead atoms. The van der Waals surface area contributed by atoms with E-state index in [1.54, 1.807) is 11.9 Å². The fourth-order valence-electron chi connectivity index (χ4n) is 2.91. The van der Waals surface area contributed by atoms with Gasteiger partial charge >= 0.3 is 5.97 Å². The Bertz CT molecular complexity index is 644. The van der Waals surface area contributed by atoms with Crippen LogP contribution >= 0.6 is 11.6 Å². The molecule has 1 fully saturated rings. The predicted molar refractivity (Wildman–Crippen MR) is 89.0 cm³/mol. The second kappa shape index (κ2) is 6.40. The molecule has 22 heavy (non-hydrogen) atoms. The summed E-state index contributed by atoms with van der Waals surface area (Å²) in [4.78, 5) is 13.1. The number of rotatable bonds is 3. The molecule has 6 heteroatoms. The summed E-state index contributed by atoms with van der Waals surface area (Å²) in [6, 6.07) is 3.88. The second-order valence-electron chi connectivity index (χ2n) is 5.42. The number of nitrogens with one attached hydrogen (secondary N) is 2. The number of benzene rings is 1. The Morgan fingerprint density at radius 1 is 1.41 bits per heavy atom. The summed E-state index contributed by atoms with van der Waals surface area (Å²) in [5.41, 5.74) is 3.42. The van der Waals surface area contributed by atoms with Gasteiger partial charge in [-0.25, -0.2) is 4.79 Å². The number of aryl methyl sites for hydroxylation is 2. The number of hydrogen-bond donors (Lipinski definition) is 3. The molecule has 1 aromatic rings. The third kappa shape index (κ3) is 2.95. The summed E-state index contributed by atoms with van der Waals surface area (Å²) >= 11 is 6.37. The lowest BCUT2D eigenvalue weighted by molar-refractivity contribution is -0.133. The van der Waals surface area contributed by atoms with E-state index in [4.69, 9.17) is 17.0 Å². The number of amidine groups is 1. The first-order valence-corrected chi connectivity index (χ1v) is 7.52. The quantitative estimate of drug-likeness (QED) is 0.748. The van der Waals surface area contributed by atoms with Gasteiger partial charge in [-0.1, -0.05) is 17.7 Å². The third-order valence-electron chi connectivity index (χ3n) is 3.80. The van der Waals surface area contributed by atoms with E-state index in [9.17, 15) is 9.90 Å². The molecule has 1 saturated heterocycles. The molecule has 0 aromatic heterocycles. The lowest BCUT2D eigenvalue weighted by Gasteiger charge is -2.33. The standard InChI is InChI=1S/C16H20ClN3O2/c1-9-7-10(2)14(12(17)8-9)20-6-4-5-11(15(20)18)13(19-3)16(21)22/h7-8,18-19H,4-6H2,1-3H3,(H,21,22)/b13-11-,18-15?. The van der Waals surface area contributed by atoms with Gasteiger partial charge in [0, 0.05) is 19.2 Å². The lowest BCUT2D eigenvalue weighted by atomic mass is 9.98. The Hall–Kier alpha value is -2.01. The maximum absolute atomic E-state index is 11.3. The molecule has 0 aliphatic carbocycles. The monoisotopic (exact) mass is 321 g/mol. The highest BCUT2D eigenvalue weighted by atomic mass is 35.5. The first kappa shape index (κ1) is 16.4. The van der Waals surface area contributed by atoms with Crippen LogP contribution in [-0.4, -0.2) is 30.5 Å². The molecule has 0 saturated carbocycles. The number of anilines is 1. The number of aliphatic carboxylic acids is 1. The molecule has 3 N–H and O–H groups in total. The van der Waals surface area contributed by atoms with E-state index >= 15 is 0 Å². The zero-order valence-corrected chi connectivity index (χ0v) is 13.7. The van der Waals surface area contributed by atoms with Crippen LogP contribution in [0.4, 0.5) is 5.69 Å². The van der Waals surface area contributed by atoms with Gasteiger partial charge in [-0.3, -0.25) is 5.41 Å². The smallest absolute Gasteiger partial charge is 0.352 e. The molecule has 1 aromatic carbocycles. The molecule has 0 atom stereocenters. The number of carboxylic acids is 1. The van der Waals surface area contributed by atoms with Gasteiger partial charge in [0.25, 0.3) is 0 Å². The van der Waals surface area contributed by atoms with Crippen molar-refractivity contribution in [2.75, 3.05) is 18.5 Å². The molecule has 118 valence electrons. The summed E-state index contributed by atoms with van der Waals surface area (Å²) in [5.74, 6) is -0.845. The van der Waals surface area contributed by atoms with E-state index in [-0.39, 0.29) is 11.5 Å². The molecule has 1 heterocycles. The van der Waals surface area contributed by atoms with Crippen LogP contribution in [0.15, 0.2) is 23.4 Å². The van der Waals surface area contributed by atoms with E-state index in [1.807, 2.05) is 26.0 Å². The number of hydrogen-bond acceptors (Lipinski definition) is 3. The first-order valence-electron chi connectivity index (χ1n) is 7.14. The zero-order valence-electron chi connectivity index (χ0n) is 13.0. The minimum atomic E-state index is -1.05. The van der Waals surface area contributed by atoms with Gasteiger partial charge in [0.15, 0.2) is 0 Å². The van der Waals surface area contributed by atoms with E-state index in [2.05, 4.69) is 5.32 Å². The highest BCUT2D eigenvalue weighted by molar-refractivity contribution is 6.34. The van der Waals surface area contributed by atoms with Crippen molar-refractivity contribution in [3.05, 3.63) is 39.6 Å². The fourth-order valence-corrected chi connectivity index (χ4v) is 3.33. The molecular formula is C16H20ClN3O2. The molecular weight excluding hydrogens is 302 g/mol. The summed E-state index contributed by atoms with van der Waals surface area (Å²) in [7, 11) is 1.56. The number of nitrogens with zero attached hydrogens (tertiary/aromatic N) is 1. The maximum Gasteiger partial charge on any atom is 0.352 e.